The molecule has 0 radical (unpaired) electrons. The lowest BCUT2D eigenvalue weighted by Gasteiger charge is -2.35. The van der Waals surface area contributed by atoms with E-state index in [1.165, 1.54) is 11.6 Å². The van der Waals surface area contributed by atoms with Gasteiger partial charge in [-0.05, 0) is 49.1 Å². The van der Waals surface area contributed by atoms with Crippen LogP contribution in [-0.4, -0.2) is 28.2 Å². The first-order chi connectivity index (χ1) is 17.8. The number of nitrogens with one attached hydrogen (secondary N) is 1. The Hall–Kier alpha value is -4.04. The standard InChI is InChI=1S/C28H31ClN6O2/c1-4-17-37-27(36)33-28(2,3)22-9-7-21(8-10-22)25-24(29)18-32-26(30)35(25)23-11-5-20(6-12-23)13-15-34-16-14-31-19-34/h4-12,14,16,18-19,25H,1,13,15,17H2,2-3H3,(H2,30,32)(H,33,36). The smallest absolute Gasteiger partial charge is 0.408 e. The molecule has 8 nitrogen and oxygen atoms in total. The molecule has 1 aliphatic rings. The van der Waals surface area contributed by atoms with Gasteiger partial charge in [0.05, 0.1) is 22.9 Å². The van der Waals surface area contributed by atoms with Crippen LogP contribution in [0.4, 0.5) is 10.5 Å². The van der Waals surface area contributed by atoms with E-state index in [-0.39, 0.29) is 12.6 Å². The van der Waals surface area contributed by atoms with Gasteiger partial charge >= 0.3 is 6.09 Å². The number of benzene rings is 2. The number of ether oxygens (including phenoxy) is 1. The predicted molar refractivity (Wildman–Crippen MR) is 147 cm³/mol. The maximum absolute atomic E-state index is 12.1. The lowest BCUT2D eigenvalue weighted by Crippen LogP contribution is -2.42. The summed E-state index contributed by atoms with van der Waals surface area (Å²) in [4.78, 5) is 22.4. The summed E-state index contributed by atoms with van der Waals surface area (Å²) >= 11 is 6.68. The highest BCUT2D eigenvalue weighted by Gasteiger charge is 2.30. The zero-order valence-corrected chi connectivity index (χ0v) is 21.7. The topological polar surface area (TPSA) is 97.8 Å². The summed E-state index contributed by atoms with van der Waals surface area (Å²) in [5, 5.41) is 3.43. The number of rotatable bonds is 9. The van der Waals surface area contributed by atoms with Gasteiger partial charge in [-0.25, -0.2) is 14.8 Å². The average Bonchev–Trinajstić information content (AvgIpc) is 3.41. The van der Waals surface area contributed by atoms with Crippen molar-refractivity contribution >= 4 is 29.3 Å². The predicted octanol–water partition coefficient (Wildman–Crippen LogP) is 5.23. The first-order valence-corrected chi connectivity index (χ1v) is 12.4. The van der Waals surface area contributed by atoms with E-state index in [0.717, 1.165) is 29.8 Å². The fourth-order valence-corrected chi connectivity index (χ4v) is 4.46. The highest BCUT2D eigenvalue weighted by molar-refractivity contribution is 6.31. The van der Waals surface area contributed by atoms with Crippen LogP contribution in [0.3, 0.4) is 0 Å². The average molecular weight is 519 g/mol. The molecule has 0 aliphatic carbocycles. The molecule has 1 aromatic heterocycles. The molecule has 0 fully saturated rings. The number of halogens is 1. The lowest BCUT2D eigenvalue weighted by atomic mass is 9.92. The highest BCUT2D eigenvalue weighted by atomic mass is 35.5. The number of nitrogens with two attached hydrogens (primary N) is 1. The molecule has 3 aromatic rings. The molecule has 2 heterocycles. The number of carbonyl (C=O) groups is 1. The summed E-state index contributed by atoms with van der Waals surface area (Å²) in [5.74, 6) is 0.358. The summed E-state index contributed by atoms with van der Waals surface area (Å²) in [6.45, 7) is 8.39. The lowest BCUT2D eigenvalue weighted by molar-refractivity contribution is 0.147. The number of alkyl carbamates (subject to hydrolysis) is 1. The number of guanidine groups is 1. The SMILES string of the molecule is C=CCOC(=O)NC(C)(C)c1ccc(C2C(Cl)=CN=C(N)N2c2ccc(CCn3ccnc3)cc2)cc1. The molecule has 1 amide bonds. The third kappa shape index (κ3) is 6.21. The molecular weight excluding hydrogens is 488 g/mol. The van der Waals surface area contributed by atoms with Crippen LogP contribution in [0.15, 0.2) is 96.1 Å². The van der Waals surface area contributed by atoms with Crippen molar-refractivity contribution in [1.82, 2.24) is 14.9 Å². The monoisotopic (exact) mass is 518 g/mol. The second-order valence-corrected chi connectivity index (χ2v) is 9.69. The zero-order valence-electron chi connectivity index (χ0n) is 21.0. The summed E-state index contributed by atoms with van der Waals surface area (Å²) in [6, 6.07) is 15.8. The fourth-order valence-electron chi connectivity index (χ4n) is 4.19. The number of aromatic nitrogens is 2. The molecule has 4 rings (SSSR count). The number of carbonyl (C=O) groups excluding carboxylic acids is 1. The van der Waals surface area contributed by atoms with Gasteiger partial charge in [0.15, 0.2) is 0 Å². The third-order valence-electron chi connectivity index (χ3n) is 6.21. The number of imidazole rings is 1. The quantitative estimate of drug-likeness (QED) is 0.378. The van der Waals surface area contributed by atoms with E-state index in [1.807, 2.05) is 67.7 Å². The Morgan fingerprint density at radius 2 is 1.95 bits per heavy atom. The van der Waals surface area contributed by atoms with Gasteiger partial charge in [0.25, 0.3) is 0 Å². The molecule has 37 heavy (non-hydrogen) atoms. The number of aryl methyl sites for hydroxylation is 2. The Labute approximate surface area is 222 Å². The molecule has 9 heteroatoms. The maximum Gasteiger partial charge on any atom is 0.408 e. The molecule has 0 bridgehead atoms. The van der Waals surface area contributed by atoms with Gasteiger partial charge in [-0.1, -0.05) is 60.7 Å². The van der Waals surface area contributed by atoms with Gasteiger partial charge in [-0.15, -0.1) is 0 Å². The summed E-state index contributed by atoms with van der Waals surface area (Å²) in [6.07, 6.45) is 9.05. The van der Waals surface area contributed by atoms with Crippen LogP contribution < -0.4 is 16.0 Å². The minimum absolute atomic E-state index is 0.151. The van der Waals surface area contributed by atoms with Crippen LogP contribution in [0.5, 0.6) is 0 Å². The van der Waals surface area contributed by atoms with Crippen LogP contribution in [-0.2, 0) is 23.2 Å². The summed E-state index contributed by atoms with van der Waals surface area (Å²) in [5.41, 5.74) is 9.65. The van der Waals surface area contributed by atoms with Crippen LogP contribution in [0.25, 0.3) is 0 Å². The third-order valence-corrected chi connectivity index (χ3v) is 6.52. The summed E-state index contributed by atoms with van der Waals surface area (Å²) in [7, 11) is 0. The second-order valence-electron chi connectivity index (χ2n) is 9.25. The first kappa shape index (κ1) is 26.0. The first-order valence-electron chi connectivity index (χ1n) is 12.0. The Bertz CT molecular complexity index is 1280. The number of hydrogen-bond acceptors (Lipinski definition) is 6. The Morgan fingerprint density at radius 3 is 2.59 bits per heavy atom. The van der Waals surface area contributed by atoms with Gasteiger partial charge in [0.1, 0.15) is 6.61 Å². The van der Waals surface area contributed by atoms with Gasteiger partial charge in [0, 0.05) is 30.8 Å². The van der Waals surface area contributed by atoms with Crippen LogP contribution in [0, 0.1) is 0 Å². The van der Waals surface area contributed by atoms with E-state index in [0.29, 0.717) is 11.0 Å². The van der Waals surface area contributed by atoms with Gasteiger partial charge in [0.2, 0.25) is 5.96 Å². The van der Waals surface area contributed by atoms with E-state index in [1.54, 1.807) is 12.4 Å². The number of anilines is 1. The van der Waals surface area contributed by atoms with Crippen molar-refractivity contribution in [3.63, 3.8) is 0 Å². The largest absolute Gasteiger partial charge is 0.445 e. The normalized spacial score (nSPS) is 15.5. The summed E-state index contributed by atoms with van der Waals surface area (Å²) < 4.78 is 7.12. The number of aliphatic imine (C=N–C) groups is 1. The van der Waals surface area contributed by atoms with E-state index < -0.39 is 11.6 Å². The van der Waals surface area contributed by atoms with Gasteiger partial charge < -0.3 is 25.3 Å². The molecule has 2 aromatic carbocycles. The zero-order chi connectivity index (χ0) is 26.4. The van der Waals surface area contributed by atoms with Crippen molar-refractivity contribution in [2.45, 2.75) is 38.4 Å². The number of hydrogen-bond donors (Lipinski definition) is 2. The second kappa shape index (κ2) is 11.3. The molecule has 1 aliphatic heterocycles. The van der Waals surface area contributed by atoms with Crippen molar-refractivity contribution in [1.29, 1.82) is 0 Å². The molecule has 0 spiro atoms. The molecule has 192 valence electrons. The van der Waals surface area contributed by atoms with Crippen LogP contribution in [0.2, 0.25) is 0 Å². The Kier molecular flexibility index (Phi) is 7.98. The Balaban J connectivity index is 1.53. The van der Waals surface area contributed by atoms with Crippen molar-refractivity contribution < 1.29 is 9.53 Å². The van der Waals surface area contributed by atoms with Gasteiger partial charge in [-0.2, -0.15) is 0 Å². The fraction of sp³-hybridized carbons (Fsp3) is 0.250. The number of amides is 1. The van der Waals surface area contributed by atoms with Crippen molar-refractivity contribution in [2.24, 2.45) is 10.7 Å². The molecular formula is C28H31ClN6O2. The van der Waals surface area contributed by atoms with Crippen LogP contribution >= 0.6 is 11.6 Å². The minimum atomic E-state index is -0.643. The minimum Gasteiger partial charge on any atom is -0.445 e. The van der Waals surface area contributed by atoms with Gasteiger partial charge in [-0.3, -0.25) is 0 Å². The molecule has 3 N–H and O–H groups in total. The van der Waals surface area contributed by atoms with Crippen LogP contribution in [0.1, 0.15) is 36.6 Å². The van der Waals surface area contributed by atoms with Crippen molar-refractivity contribution in [3.05, 3.63) is 108 Å². The molecule has 0 saturated heterocycles. The molecule has 1 unspecified atom stereocenters. The van der Waals surface area contributed by atoms with Crippen molar-refractivity contribution in [2.75, 3.05) is 11.5 Å². The molecule has 1 atom stereocenters. The highest BCUT2D eigenvalue weighted by Crippen LogP contribution is 2.37. The van der Waals surface area contributed by atoms with E-state index >= 15 is 0 Å². The van der Waals surface area contributed by atoms with E-state index in [9.17, 15) is 4.79 Å². The maximum atomic E-state index is 12.1. The van der Waals surface area contributed by atoms with E-state index in [2.05, 4.69) is 38.6 Å². The van der Waals surface area contributed by atoms with E-state index in [4.69, 9.17) is 22.1 Å². The Morgan fingerprint density at radius 1 is 1.22 bits per heavy atom. The molecule has 0 saturated carbocycles. The number of nitrogens with zero attached hydrogens (tertiary/aromatic N) is 4. The van der Waals surface area contributed by atoms with Crippen molar-refractivity contribution in [3.8, 4) is 0 Å².